The first-order valence-corrected chi connectivity index (χ1v) is 8.25. The van der Waals surface area contributed by atoms with Crippen molar-refractivity contribution < 1.29 is 8.42 Å². The summed E-state index contributed by atoms with van der Waals surface area (Å²) in [5.74, 6) is 0.441. The lowest BCUT2D eigenvalue weighted by Crippen LogP contribution is -2.28. The lowest BCUT2D eigenvalue weighted by atomic mass is 10.1. The number of nitrogens with two attached hydrogens (primary N) is 1. The van der Waals surface area contributed by atoms with Gasteiger partial charge < -0.3 is 5.73 Å². The average molecular weight is 282 g/mol. The molecule has 19 heavy (non-hydrogen) atoms. The topological polar surface area (TPSA) is 63.4 Å². The number of benzene rings is 1. The fourth-order valence-electron chi connectivity index (χ4n) is 2.40. The highest BCUT2D eigenvalue weighted by Crippen LogP contribution is 2.25. The monoisotopic (exact) mass is 282 g/mol. The zero-order valence-electron chi connectivity index (χ0n) is 11.5. The van der Waals surface area contributed by atoms with Crippen LogP contribution in [0, 0.1) is 5.92 Å². The van der Waals surface area contributed by atoms with E-state index in [1.807, 2.05) is 13.0 Å². The van der Waals surface area contributed by atoms with E-state index in [0.29, 0.717) is 23.9 Å². The molecular weight excluding hydrogens is 260 g/mol. The lowest BCUT2D eigenvalue weighted by molar-refractivity contribution is 0.464. The first-order valence-electron chi connectivity index (χ1n) is 6.81. The van der Waals surface area contributed by atoms with Crippen LogP contribution >= 0.6 is 0 Å². The fraction of sp³-hybridized carbons (Fsp3) is 0.571. The Balaban J connectivity index is 2.30. The molecule has 2 rings (SSSR count). The van der Waals surface area contributed by atoms with Crippen molar-refractivity contribution in [1.82, 2.24) is 4.31 Å². The summed E-state index contributed by atoms with van der Waals surface area (Å²) in [6, 6.07) is 6.93. The van der Waals surface area contributed by atoms with Gasteiger partial charge in [-0.25, -0.2) is 8.42 Å². The molecule has 0 saturated carbocycles. The minimum Gasteiger partial charge on any atom is -0.324 e. The molecule has 1 aliphatic heterocycles. The van der Waals surface area contributed by atoms with Crippen molar-refractivity contribution in [3.05, 3.63) is 29.8 Å². The van der Waals surface area contributed by atoms with Crippen LogP contribution in [0.5, 0.6) is 0 Å². The van der Waals surface area contributed by atoms with Gasteiger partial charge in [-0.15, -0.1) is 0 Å². The second-order valence-corrected chi connectivity index (χ2v) is 7.28. The van der Waals surface area contributed by atoms with Gasteiger partial charge in [-0.05, 0) is 36.5 Å². The predicted octanol–water partition coefficient (Wildman–Crippen LogP) is 2.13. The van der Waals surface area contributed by atoms with Crippen molar-refractivity contribution in [3.63, 3.8) is 0 Å². The molecule has 4 nitrogen and oxygen atoms in total. The Kier molecular flexibility index (Phi) is 4.28. The van der Waals surface area contributed by atoms with Crippen molar-refractivity contribution in [3.8, 4) is 0 Å². The molecule has 1 fully saturated rings. The van der Waals surface area contributed by atoms with E-state index >= 15 is 0 Å². The standard InChI is InChI=1S/C14H22N2O2S/c1-3-14(15)12-5-4-6-13(9-12)19(17,18)16-8-7-11(2)10-16/h4-6,9,11,14H,3,7-8,10,15H2,1-2H3. The van der Waals surface area contributed by atoms with Crippen LogP contribution in [0.4, 0.5) is 0 Å². The van der Waals surface area contributed by atoms with Crippen molar-refractivity contribution >= 4 is 10.0 Å². The van der Waals surface area contributed by atoms with Gasteiger partial charge in [-0.1, -0.05) is 26.0 Å². The van der Waals surface area contributed by atoms with Crippen LogP contribution in [0.1, 0.15) is 38.3 Å². The second kappa shape index (κ2) is 5.61. The summed E-state index contributed by atoms with van der Waals surface area (Å²) in [6.45, 7) is 5.31. The van der Waals surface area contributed by atoms with E-state index in [-0.39, 0.29) is 6.04 Å². The highest BCUT2D eigenvalue weighted by Gasteiger charge is 2.30. The van der Waals surface area contributed by atoms with Crippen LogP contribution in [0.3, 0.4) is 0 Å². The minimum atomic E-state index is -3.36. The molecule has 1 heterocycles. The van der Waals surface area contributed by atoms with Gasteiger partial charge in [0.15, 0.2) is 0 Å². The predicted molar refractivity (Wildman–Crippen MR) is 76.2 cm³/mol. The maximum absolute atomic E-state index is 12.5. The Morgan fingerprint density at radius 2 is 2.21 bits per heavy atom. The normalized spacial score (nSPS) is 22.6. The summed E-state index contributed by atoms with van der Waals surface area (Å²) in [6.07, 6.45) is 1.73. The van der Waals surface area contributed by atoms with Gasteiger partial charge in [0, 0.05) is 19.1 Å². The molecule has 0 aliphatic carbocycles. The number of hydrogen-bond acceptors (Lipinski definition) is 3. The minimum absolute atomic E-state index is 0.104. The Bertz CT molecular complexity index is 542. The highest BCUT2D eigenvalue weighted by molar-refractivity contribution is 7.89. The van der Waals surface area contributed by atoms with Gasteiger partial charge in [-0.3, -0.25) is 0 Å². The van der Waals surface area contributed by atoms with Gasteiger partial charge in [0.2, 0.25) is 10.0 Å². The van der Waals surface area contributed by atoms with Gasteiger partial charge >= 0.3 is 0 Å². The van der Waals surface area contributed by atoms with Crippen molar-refractivity contribution in [2.45, 2.75) is 37.6 Å². The summed E-state index contributed by atoms with van der Waals surface area (Å²) in [5, 5.41) is 0. The Morgan fingerprint density at radius 3 is 2.79 bits per heavy atom. The van der Waals surface area contributed by atoms with Crippen LogP contribution in [-0.2, 0) is 10.0 Å². The first kappa shape index (κ1) is 14.5. The molecule has 0 bridgehead atoms. The number of sulfonamides is 1. The van der Waals surface area contributed by atoms with Gasteiger partial charge in [0.25, 0.3) is 0 Å². The molecule has 0 amide bonds. The maximum Gasteiger partial charge on any atom is 0.243 e. The van der Waals surface area contributed by atoms with Crippen LogP contribution in [0.15, 0.2) is 29.2 Å². The van der Waals surface area contributed by atoms with E-state index in [0.717, 1.165) is 18.4 Å². The van der Waals surface area contributed by atoms with E-state index < -0.39 is 10.0 Å². The largest absolute Gasteiger partial charge is 0.324 e. The summed E-state index contributed by atoms with van der Waals surface area (Å²) in [4.78, 5) is 0.364. The molecule has 2 atom stereocenters. The fourth-order valence-corrected chi connectivity index (χ4v) is 4.03. The van der Waals surface area contributed by atoms with Crippen LogP contribution in [-0.4, -0.2) is 25.8 Å². The van der Waals surface area contributed by atoms with Crippen molar-refractivity contribution in [1.29, 1.82) is 0 Å². The van der Waals surface area contributed by atoms with Crippen molar-refractivity contribution in [2.75, 3.05) is 13.1 Å². The summed E-state index contributed by atoms with van der Waals surface area (Å²) in [7, 11) is -3.36. The molecular formula is C14H22N2O2S. The Labute approximate surface area is 115 Å². The zero-order chi connectivity index (χ0) is 14.0. The first-order chi connectivity index (χ1) is 8.95. The number of nitrogens with zero attached hydrogens (tertiary/aromatic N) is 1. The third kappa shape index (κ3) is 2.99. The maximum atomic E-state index is 12.5. The van der Waals surface area contributed by atoms with E-state index in [1.165, 1.54) is 0 Å². The molecule has 1 aliphatic rings. The van der Waals surface area contributed by atoms with E-state index in [4.69, 9.17) is 5.73 Å². The summed E-state index contributed by atoms with van der Waals surface area (Å²) < 4.78 is 26.6. The average Bonchev–Trinajstić information content (AvgIpc) is 2.85. The lowest BCUT2D eigenvalue weighted by Gasteiger charge is -2.17. The summed E-state index contributed by atoms with van der Waals surface area (Å²) >= 11 is 0. The van der Waals surface area contributed by atoms with Crippen LogP contribution in [0.2, 0.25) is 0 Å². The number of rotatable bonds is 4. The molecule has 1 saturated heterocycles. The highest BCUT2D eigenvalue weighted by atomic mass is 32.2. The van der Waals surface area contributed by atoms with E-state index in [2.05, 4.69) is 6.92 Å². The van der Waals surface area contributed by atoms with Gasteiger partial charge in [0.05, 0.1) is 4.90 Å². The number of hydrogen-bond donors (Lipinski definition) is 1. The van der Waals surface area contributed by atoms with Crippen LogP contribution < -0.4 is 5.73 Å². The molecule has 0 radical (unpaired) electrons. The zero-order valence-corrected chi connectivity index (χ0v) is 12.4. The third-order valence-corrected chi connectivity index (χ3v) is 5.61. The van der Waals surface area contributed by atoms with Gasteiger partial charge in [-0.2, -0.15) is 4.31 Å². The molecule has 2 N–H and O–H groups in total. The molecule has 1 aromatic rings. The van der Waals surface area contributed by atoms with Crippen molar-refractivity contribution in [2.24, 2.45) is 11.7 Å². The molecule has 0 aromatic heterocycles. The van der Waals surface area contributed by atoms with E-state index in [9.17, 15) is 8.42 Å². The Hall–Kier alpha value is -0.910. The third-order valence-electron chi connectivity index (χ3n) is 3.75. The summed E-state index contributed by atoms with van der Waals surface area (Å²) in [5.41, 5.74) is 6.86. The van der Waals surface area contributed by atoms with Gasteiger partial charge in [0.1, 0.15) is 0 Å². The second-order valence-electron chi connectivity index (χ2n) is 5.34. The molecule has 106 valence electrons. The molecule has 5 heteroatoms. The molecule has 1 aromatic carbocycles. The quantitative estimate of drug-likeness (QED) is 0.920. The Morgan fingerprint density at radius 1 is 1.47 bits per heavy atom. The van der Waals surface area contributed by atoms with Crippen LogP contribution in [0.25, 0.3) is 0 Å². The smallest absolute Gasteiger partial charge is 0.243 e. The molecule has 0 spiro atoms. The molecule has 2 unspecified atom stereocenters. The SMILES string of the molecule is CCC(N)c1cccc(S(=O)(=O)N2CCC(C)C2)c1. The van der Waals surface area contributed by atoms with E-state index in [1.54, 1.807) is 22.5 Å².